The zero-order valence-electron chi connectivity index (χ0n) is 37.5. The molecule has 0 unspecified atom stereocenters. The number of rotatable bonds is 23. The van der Waals surface area contributed by atoms with E-state index in [0.29, 0.717) is 17.8 Å². The summed E-state index contributed by atoms with van der Waals surface area (Å²) in [5.74, 6) is -5.13. The third-order valence-corrected chi connectivity index (χ3v) is 10.7. The Bertz CT molecular complexity index is 2140. The first-order chi connectivity index (χ1) is 30.9. The lowest BCUT2D eigenvalue weighted by molar-refractivity contribution is -0.144. The third kappa shape index (κ3) is 18.8. The molecule has 0 aliphatic heterocycles. The number of carboxylic acids is 1. The van der Waals surface area contributed by atoms with E-state index in [-0.39, 0.29) is 49.3 Å². The van der Waals surface area contributed by atoms with Gasteiger partial charge in [0.25, 0.3) is 0 Å². The van der Waals surface area contributed by atoms with Gasteiger partial charge in [-0.3, -0.25) is 24.0 Å². The van der Waals surface area contributed by atoms with Gasteiger partial charge < -0.3 is 57.9 Å². The molecule has 352 valence electrons. The predicted molar refractivity (Wildman–Crippen MR) is 244 cm³/mol. The molecule has 0 fully saturated rings. The molecule has 20 heteroatoms. The Morgan fingerprint density at radius 1 is 0.769 bits per heavy atom. The number of carbonyl (C=O) groups excluding carboxylic acids is 6. The van der Waals surface area contributed by atoms with Gasteiger partial charge in [-0.05, 0) is 51.5 Å². The van der Waals surface area contributed by atoms with E-state index in [1.54, 1.807) is 62.5 Å². The number of benzene rings is 2. The van der Waals surface area contributed by atoms with E-state index >= 15 is 0 Å². The summed E-state index contributed by atoms with van der Waals surface area (Å²) in [4.78, 5) is 101. The Morgan fingerprint density at radius 3 is 1.85 bits per heavy atom. The minimum Gasteiger partial charge on any atom is -0.480 e. The van der Waals surface area contributed by atoms with Crippen LogP contribution in [0.4, 0.5) is 9.93 Å². The minimum absolute atomic E-state index is 0.0200. The summed E-state index contributed by atoms with van der Waals surface area (Å²) in [5, 5.41) is 25.0. The van der Waals surface area contributed by atoms with E-state index in [0.717, 1.165) is 11.1 Å². The van der Waals surface area contributed by atoms with Crippen LogP contribution < -0.4 is 32.3 Å². The summed E-state index contributed by atoms with van der Waals surface area (Å²) in [6.07, 6.45) is 2.98. The smallest absolute Gasteiger partial charge is 0.408 e. The Labute approximate surface area is 382 Å². The fourth-order valence-electron chi connectivity index (χ4n) is 6.32. The van der Waals surface area contributed by atoms with Crippen molar-refractivity contribution in [3.63, 3.8) is 0 Å². The molecule has 0 spiro atoms. The standard InChI is InChI=1S/C40H55N7O8.C5H7N3OS/c1-7-26(6)34(39(52)53)47-38(51)33(25(4)5)46-37(50)30(18-24(2)3)43-36(49)32(20-29-21-41-23-42-29)44-35(48)31(19-27-14-10-8-11-15-27)45-40(54)55-22-28-16-12-9-13-17-28;6-4(9)1-3-2-10-5(7)8-3/h8-17,21,23-26,30-34H,7,18-20,22H2,1-6H3,(H,41,42)(H,43,49)(H,44,48)(H,45,54)(H,46,50)(H,47,51)(H,52,53);2H,1H2,(H4,6,7,8,9)/p-1/t26-,30-,31-,32-,33-,34-;/m0./s1. The van der Waals surface area contributed by atoms with Crippen LogP contribution in [0.5, 0.6) is 0 Å². The average molecular weight is 918 g/mol. The quantitative estimate of drug-likeness (QED) is 0.0524. The second-order valence-electron chi connectivity index (χ2n) is 16.2. The first-order valence-corrected chi connectivity index (χ1v) is 22.1. The fourth-order valence-corrected chi connectivity index (χ4v) is 6.87. The third-order valence-electron chi connectivity index (χ3n) is 9.99. The van der Waals surface area contributed by atoms with Gasteiger partial charge in [0, 0.05) is 31.2 Å². The fraction of sp³-hybridized carbons (Fsp3) is 0.444. The lowest BCUT2D eigenvalue weighted by Crippen LogP contribution is -2.60. The van der Waals surface area contributed by atoms with Crippen molar-refractivity contribution in [1.29, 1.82) is 0 Å². The lowest BCUT2D eigenvalue weighted by atomic mass is 9.96. The van der Waals surface area contributed by atoms with Crippen LogP contribution in [-0.2, 0) is 59.4 Å². The van der Waals surface area contributed by atoms with Crippen LogP contribution in [0.2, 0.25) is 0 Å². The number of amides is 6. The second kappa shape index (κ2) is 26.7. The van der Waals surface area contributed by atoms with E-state index in [4.69, 9.17) is 16.2 Å². The number of thiazole rings is 1. The highest BCUT2D eigenvalue weighted by molar-refractivity contribution is 7.13. The maximum absolute atomic E-state index is 14.0. The monoisotopic (exact) mass is 917 g/mol. The normalized spacial score (nSPS) is 13.7. The number of H-pyrrole nitrogens is 1. The molecule has 10 N–H and O–H groups in total. The van der Waals surface area contributed by atoms with Gasteiger partial charge in [-0.2, -0.15) is 11.3 Å². The van der Waals surface area contributed by atoms with Gasteiger partial charge in [-0.25, -0.2) is 14.6 Å². The van der Waals surface area contributed by atoms with E-state index < -0.39 is 77.7 Å². The van der Waals surface area contributed by atoms with E-state index in [9.17, 15) is 38.7 Å². The molecule has 2 heterocycles. The van der Waals surface area contributed by atoms with Gasteiger partial charge in [-0.15, -0.1) is 0 Å². The maximum Gasteiger partial charge on any atom is 0.408 e. The van der Waals surface area contributed by atoms with Crippen molar-refractivity contribution in [2.24, 2.45) is 23.5 Å². The van der Waals surface area contributed by atoms with E-state index in [2.05, 4.69) is 41.5 Å². The van der Waals surface area contributed by atoms with Crippen LogP contribution >= 0.6 is 11.3 Å². The van der Waals surface area contributed by atoms with Crippen molar-refractivity contribution < 1.29 is 43.4 Å². The number of aliphatic carboxylic acids is 1. The molecule has 2 aromatic heterocycles. The predicted octanol–water partition coefficient (Wildman–Crippen LogP) is 4.12. The Morgan fingerprint density at radius 2 is 1.34 bits per heavy atom. The van der Waals surface area contributed by atoms with Crippen LogP contribution in [0.25, 0.3) is 5.73 Å². The number of primary amides is 1. The van der Waals surface area contributed by atoms with Gasteiger partial charge in [-0.1, -0.05) is 109 Å². The number of nitrogens with zero attached hydrogens (tertiary/aromatic N) is 2. The first-order valence-electron chi connectivity index (χ1n) is 21.2. The van der Waals surface area contributed by atoms with Crippen molar-refractivity contribution in [3.8, 4) is 0 Å². The Kier molecular flexibility index (Phi) is 21.6. The highest BCUT2D eigenvalue weighted by Crippen LogP contribution is 2.17. The molecule has 65 heavy (non-hydrogen) atoms. The summed E-state index contributed by atoms with van der Waals surface area (Å²) in [7, 11) is 0. The SMILES string of the molecule is CC[C@H](C)[C@H](NC(=O)[C@@H](NC(=O)[C@H](CC(C)C)NC(=O)[C@H](Cc1cnc[nH]1)NC(=O)[C@H](Cc1ccccc1)NC(=O)OCc1ccccc1)C(C)C)C(=O)O.[NH-]c1nc(CC(N)=O)cs1. The van der Waals surface area contributed by atoms with E-state index in [1.807, 2.05) is 45.0 Å². The molecular weight excluding hydrogens is 857 g/mol. The average Bonchev–Trinajstić information content (AvgIpc) is 3.94. The number of nitrogens with two attached hydrogens (primary N) is 1. The van der Waals surface area contributed by atoms with Gasteiger partial charge in [0.2, 0.25) is 29.5 Å². The minimum atomic E-state index is -1.23. The number of aromatic amines is 1. The molecule has 0 bridgehead atoms. The van der Waals surface area contributed by atoms with Crippen molar-refractivity contribution >= 4 is 58.1 Å². The Hall–Kier alpha value is -6.83. The summed E-state index contributed by atoms with van der Waals surface area (Å²) < 4.78 is 5.39. The molecule has 19 nitrogen and oxygen atoms in total. The molecule has 0 aliphatic carbocycles. The topological polar surface area (TPSA) is 300 Å². The van der Waals surface area contributed by atoms with Crippen molar-refractivity contribution in [2.45, 2.75) is 110 Å². The number of aromatic nitrogens is 3. The number of ether oxygens (including phenoxy) is 1. The molecule has 0 saturated heterocycles. The number of hydrogen-bond donors (Lipinski definition) is 8. The van der Waals surface area contributed by atoms with Gasteiger partial charge in [0.15, 0.2) is 0 Å². The molecule has 6 amide bonds. The number of nitrogens with one attached hydrogen (secondary N) is 7. The highest BCUT2D eigenvalue weighted by atomic mass is 32.1. The molecule has 4 aromatic rings. The molecule has 0 aliphatic rings. The molecule has 6 atom stereocenters. The van der Waals surface area contributed by atoms with Crippen molar-refractivity contribution in [3.05, 3.63) is 107 Å². The zero-order chi connectivity index (χ0) is 48.1. The van der Waals surface area contributed by atoms with Gasteiger partial charge >= 0.3 is 12.1 Å². The van der Waals surface area contributed by atoms with Crippen LogP contribution in [0.15, 0.2) is 78.6 Å². The van der Waals surface area contributed by atoms with Gasteiger partial charge in [0.1, 0.15) is 36.8 Å². The number of hydrogen-bond acceptors (Lipinski definition) is 11. The summed E-state index contributed by atoms with van der Waals surface area (Å²) in [6.45, 7) is 10.7. The highest BCUT2D eigenvalue weighted by Gasteiger charge is 2.35. The maximum atomic E-state index is 14.0. The lowest BCUT2D eigenvalue weighted by Gasteiger charge is -2.29. The molecule has 0 radical (unpaired) electrons. The zero-order valence-corrected chi connectivity index (χ0v) is 38.3. The first kappa shape index (κ1) is 52.5. The number of alkyl carbamates (subject to hydrolysis) is 1. The van der Waals surface area contributed by atoms with Crippen LogP contribution in [0.1, 0.15) is 76.9 Å². The summed E-state index contributed by atoms with van der Waals surface area (Å²) in [6, 6.07) is 12.3. The van der Waals surface area contributed by atoms with E-state index in [1.165, 1.54) is 23.9 Å². The van der Waals surface area contributed by atoms with Gasteiger partial charge in [0.05, 0.1) is 6.33 Å². The number of carbonyl (C=O) groups is 7. The van der Waals surface area contributed by atoms with Crippen molar-refractivity contribution in [2.75, 3.05) is 0 Å². The summed E-state index contributed by atoms with van der Waals surface area (Å²) in [5.41, 5.74) is 14.5. The molecular formula is C45H61N10O9S-. The Balaban J connectivity index is 0.000000985. The second-order valence-corrected chi connectivity index (χ2v) is 17.1. The number of imidazole rings is 1. The number of carboxylic acid groups (broad SMARTS) is 1. The largest absolute Gasteiger partial charge is 0.480 e. The van der Waals surface area contributed by atoms with Crippen LogP contribution in [0, 0.1) is 17.8 Å². The van der Waals surface area contributed by atoms with Crippen LogP contribution in [0.3, 0.4) is 0 Å². The molecule has 4 rings (SSSR count). The van der Waals surface area contributed by atoms with Crippen molar-refractivity contribution in [1.82, 2.24) is 41.5 Å². The molecule has 2 aromatic carbocycles. The summed E-state index contributed by atoms with van der Waals surface area (Å²) >= 11 is 1.19. The molecule has 0 saturated carbocycles. The van der Waals surface area contributed by atoms with Crippen LogP contribution in [-0.4, -0.2) is 91.9 Å².